The molecule has 1 aromatic carbocycles. The van der Waals surface area contributed by atoms with Crippen LogP contribution in [0.1, 0.15) is 31.7 Å². The number of carboxylic acids is 1. The lowest BCUT2D eigenvalue weighted by Gasteiger charge is -2.17. The normalized spacial score (nSPS) is 11.1. The maximum atomic E-state index is 11.9. The van der Waals surface area contributed by atoms with Gasteiger partial charge in [-0.05, 0) is 24.8 Å². The summed E-state index contributed by atoms with van der Waals surface area (Å²) < 4.78 is 5.07. The van der Waals surface area contributed by atoms with Crippen LogP contribution in [0.3, 0.4) is 0 Å². The van der Waals surface area contributed by atoms with Crippen molar-refractivity contribution in [2.24, 2.45) is 0 Å². The molecule has 0 aliphatic rings. The van der Waals surface area contributed by atoms with E-state index in [0.29, 0.717) is 25.8 Å². The van der Waals surface area contributed by atoms with Crippen LogP contribution in [0.25, 0.3) is 0 Å². The maximum absolute atomic E-state index is 11.9. The SMILES string of the molecule is CC(=O)N[C@H](CCCCNC(=O)OCc1ccccc1)C(=O)NCC(=O)O. The van der Waals surface area contributed by atoms with Crippen LogP contribution in [0.2, 0.25) is 0 Å². The summed E-state index contributed by atoms with van der Waals surface area (Å²) in [6, 6.07) is 8.48. The van der Waals surface area contributed by atoms with Crippen molar-refractivity contribution in [2.75, 3.05) is 13.1 Å². The van der Waals surface area contributed by atoms with Crippen LogP contribution in [0, 0.1) is 0 Å². The lowest BCUT2D eigenvalue weighted by atomic mass is 10.1. The van der Waals surface area contributed by atoms with Gasteiger partial charge >= 0.3 is 12.1 Å². The quantitative estimate of drug-likeness (QED) is 0.420. The van der Waals surface area contributed by atoms with E-state index in [-0.39, 0.29) is 12.5 Å². The van der Waals surface area contributed by atoms with Crippen LogP contribution in [-0.4, -0.2) is 48.1 Å². The first-order valence-electron chi connectivity index (χ1n) is 8.59. The molecule has 1 atom stereocenters. The molecule has 3 amide bonds. The van der Waals surface area contributed by atoms with Gasteiger partial charge in [0, 0.05) is 13.5 Å². The number of amides is 3. The Hall–Kier alpha value is -3.10. The number of aliphatic carboxylic acids is 1. The predicted octanol–water partition coefficient (Wildman–Crippen LogP) is 0.789. The smallest absolute Gasteiger partial charge is 0.407 e. The molecule has 1 rings (SSSR count). The second-order valence-corrected chi connectivity index (χ2v) is 5.85. The highest BCUT2D eigenvalue weighted by Gasteiger charge is 2.19. The predicted molar refractivity (Wildman–Crippen MR) is 96.7 cm³/mol. The van der Waals surface area contributed by atoms with Gasteiger partial charge in [-0.3, -0.25) is 14.4 Å². The van der Waals surface area contributed by atoms with Crippen LogP contribution >= 0.6 is 0 Å². The molecule has 0 spiro atoms. The van der Waals surface area contributed by atoms with Gasteiger partial charge in [-0.2, -0.15) is 0 Å². The van der Waals surface area contributed by atoms with Gasteiger partial charge in [-0.1, -0.05) is 30.3 Å². The standard InChI is InChI=1S/C18H25N3O6/c1-13(22)21-15(17(25)20-11-16(23)24)9-5-6-10-19-18(26)27-12-14-7-3-2-4-8-14/h2-4,7-8,15H,5-6,9-12H2,1H3,(H,19,26)(H,20,25)(H,21,22)(H,23,24)/t15-/m1/s1. The summed E-state index contributed by atoms with van der Waals surface area (Å²) >= 11 is 0. The number of unbranched alkanes of at least 4 members (excludes halogenated alkanes) is 1. The molecule has 0 bridgehead atoms. The molecule has 148 valence electrons. The third kappa shape index (κ3) is 10.5. The molecule has 0 aromatic heterocycles. The largest absolute Gasteiger partial charge is 0.480 e. The second-order valence-electron chi connectivity index (χ2n) is 5.85. The van der Waals surface area contributed by atoms with Crippen molar-refractivity contribution in [3.63, 3.8) is 0 Å². The van der Waals surface area contributed by atoms with Gasteiger partial charge in [0.1, 0.15) is 19.2 Å². The van der Waals surface area contributed by atoms with Gasteiger partial charge in [0.25, 0.3) is 0 Å². The Bertz CT molecular complexity index is 635. The van der Waals surface area contributed by atoms with Crippen molar-refractivity contribution in [1.29, 1.82) is 0 Å². The molecule has 0 radical (unpaired) electrons. The van der Waals surface area contributed by atoms with Crippen LogP contribution in [0.15, 0.2) is 30.3 Å². The number of nitrogens with one attached hydrogen (secondary N) is 3. The topological polar surface area (TPSA) is 134 Å². The minimum Gasteiger partial charge on any atom is -0.480 e. The number of carboxylic acid groups (broad SMARTS) is 1. The van der Waals surface area contributed by atoms with Gasteiger partial charge < -0.3 is 25.8 Å². The average Bonchev–Trinajstić information content (AvgIpc) is 2.63. The third-order valence-electron chi connectivity index (χ3n) is 3.51. The summed E-state index contributed by atoms with van der Waals surface area (Å²) in [5.41, 5.74) is 0.887. The zero-order valence-electron chi connectivity index (χ0n) is 15.2. The van der Waals surface area contributed by atoms with E-state index in [1.807, 2.05) is 30.3 Å². The Morgan fingerprint density at radius 3 is 2.41 bits per heavy atom. The van der Waals surface area contributed by atoms with Gasteiger partial charge in [0.15, 0.2) is 0 Å². The second kappa shape index (κ2) is 12.3. The summed E-state index contributed by atoms with van der Waals surface area (Å²) in [4.78, 5) is 45.2. The van der Waals surface area contributed by atoms with Crippen molar-refractivity contribution in [3.05, 3.63) is 35.9 Å². The molecule has 0 saturated carbocycles. The van der Waals surface area contributed by atoms with Crippen molar-refractivity contribution in [2.45, 2.75) is 38.8 Å². The van der Waals surface area contributed by atoms with E-state index >= 15 is 0 Å². The van der Waals surface area contributed by atoms with Crippen LogP contribution in [0.5, 0.6) is 0 Å². The Kier molecular flexibility index (Phi) is 9.98. The number of benzene rings is 1. The molecule has 4 N–H and O–H groups in total. The number of rotatable bonds is 11. The van der Waals surface area contributed by atoms with Crippen molar-refractivity contribution >= 4 is 23.9 Å². The monoisotopic (exact) mass is 379 g/mol. The van der Waals surface area contributed by atoms with Gasteiger partial charge in [-0.25, -0.2) is 4.79 Å². The molecule has 9 nitrogen and oxygen atoms in total. The molecule has 0 heterocycles. The summed E-state index contributed by atoms with van der Waals surface area (Å²) in [6.07, 6.45) is 0.912. The fourth-order valence-corrected chi connectivity index (χ4v) is 2.24. The highest BCUT2D eigenvalue weighted by molar-refractivity contribution is 5.88. The highest BCUT2D eigenvalue weighted by Crippen LogP contribution is 2.03. The summed E-state index contributed by atoms with van der Waals surface area (Å²) in [5.74, 6) is -2.10. The van der Waals surface area contributed by atoms with E-state index in [2.05, 4.69) is 16.0 Å². The number of alkyl carbamates (subject to hydrolysis) is 1. The fraction of sp³-hybridized carbons (Fsp3) is 0.444. The number of carbonyl (C=O) groups excluding carboxylic acids is 3. The molecule has 1 aromatic rings. The van der Waals surface area contributed by atoms with Crippen molar-refractivity contribution in [1.82, 2.24) is 16.0 Å². The molecule has 9 heteroatoms. The van der Waals surface area contributed by atoms with E-state index in [1.54, 1.807) is 0 Å². The first-order valence-corrected chi connectivity index (χ1v) is 8.59. The van der Waals surface area contributed by atoms with Gasteiger partial charge in [0.2, 0.25) is 11.8 Å². The Labute approximate surface area is 157 Å². The molecular weight excluding hydrogens is 354 g/mol. The summed E-state index contributed by atoms with van der Waals surface area (Å²) in [7, 11) is 0. The average molecular weight is 379 g/mol. The molecule has 0 aliphatic carbocycles. The maximum Gasteiger partial charge on any atom is 0.407 e. The van der Waals surface area contributed by atoms with Crippen molar-refractivity contribution < 1.29 is 29.0 Å². The zero-order valence-corrected chi connectivity index (χ0v) is 15.2. The Morgan fingerprint density at radius 2 is 1.78 bits per heavy atom. The molecule has 0 fully saturated rings. The number of carbonyl (C=O) groups is 4. The van der Waals surface area contributed by atoms with E-state index in [0.717, 1.165) is 5.56 Å². The summed E-state index contributed by atoms with van der Waals surface area (Å²) in [6.45, 7) is 1.31. The van der Waals surface area contributed by atoms with E-state index in [9.17, 15) is 19.2 Å². The van der Waals surface area contributed by atoms with E-state index in [4.69, 9.17) is 9.84 Å². The molecule has 0 saturated heterocycles. The highest BCUT2D eigenvalue weighted by atomic mass is 16.5. The Balaban J connectivity index is 2.23. The lowest BCUT2D eigenvalue weighted by Crippen LogP contribution is -2.47. The Morgan fingerprint density at radius 1 is 1.07 bits per heavy atom. The molecular formula is C18H25N3O6. The first-order chi connectivity index (χ1) is 12.9. The first kappa shape index (κ1) is 21.9. The molecule has 0 unspecified atom stereocenters. The van der Waals surface area contributed by atoms with Crippen LogP contribution in [0.4, 0.5) is 4.79 Å². The summed E-state index contributed by atoms with van der Waals surface area (Å²) in [5, 5.41) is 15.9. The minimum atomic E-state index is -1.16. The number of hydrogen-bond donors (Lipinski definition) is 4. The van der Waals surface area contributed by atoms with Crippen LogP contribution in [-0.2, 0) is 25.7 Å². The lowest BCUT2D eigenvalue weighted by molar-refractivity contribution is -0.138. The zero-order chi connectivity index (χ0) is 20.1. The van der Waals surface area contributed by atoms with E-state index < -0.39 is 30.6 Å². The number of hydrogen-bond acceptors (Lipinski definition) is 5. The molecule has 27 heavy (non-hydrogen) atoms. The fourth-order valence-electron chi connectivity index (χ4n) is 2.24. The van der Waals surface area contributed by atoms with Crippen LogP contribution < -0.4 is 16.0 Å². The van der Waals surface area contributed by atoms with Gasteiger partial charge in [-0.15, -0.1) is 0 Å². The van der Waals surface area contributed by atoms with Gasteiger partial charge in [0.05, 0.1) is 0 Å². The minimum absolute atomic E-state index is 0.182. The third-order valence-corrected chi connectivity index (χ3v) is 3.51. The van der Waals surface area contributed by atoms with Crippen molar-refractivity contribution in [3.8, 4) is 0 Å². The molecule has 0 aliphatic heterocycles. The number of ether oxygens (including phenoxy) is 1. The van der Waals surface area contributed by atoms with E-state index in [1.165, 1.54) is 6.92 Å².